The number of rotatable bonds is 4. The van der Waals surface area contributed by atoms with Gasteiger partial charge in [0.15, 0.2) is 11.0 Å². The van der Waals surface area contributed by atoms with Crippen molar-refractivity contribution in [1.29, 1.82) is 0 Å². The lowest BCUT2D eigenvalue weighted by Crippen LogP contribution is -2.05. The Morgan fingerprint density at radius 1 is 1.22 bits per heavy atom. The zero-order chi connectivity index (χ0) is 13.0. The molecule has 94 valence electrons. The van der Waals surface area contributed by atoms with Crippen LogP contribution < -0.4 is 10.1 Å². The van der Waals surface area contributed by atoms with E-state index in [0.717, 1.165) is 11.3 Å². The number of nitrogens with one attached hydrogen (secondary N) is 1. The van der Waals surface area contributed by atoms with Crippen LogP contribution in [0.3, 0.4) is 0 Å². The van der Waals surface area contributed by atoms with Crippen molar-refractivity contribution in [3.63, 3.8) is 0 Å². The lowest BCUT2D eigenvalue weighted by atomic mass is 10.2. The van der Waals surface area contributed by atoms with Gasteiger partial charge in [-0.15, -0.1) is 10.2 Å². The maximum atomic E-state index is 5.85. The second kappa shape index (κ2) is 5.84. The highest BCUT2D eigenvalue weighted by atomic mass is 35.5. The maximum Gasteiger partial charge on any atom is 0.245 e. The molecule has 0 spiro atoms. The molecule has 1 aromatic heterocycles. The third kappa shape index (κ3) is 3.00. The zero-order valence-electron chi connectivity index (χ0n) is 9.52. The third-order valence-electron chi connectivity index (χ3n) is 2.26. The van der Waals surface area contributed by atoms with E-state index in [0.29, 0.717) is 12.4 Å². The molecule has 0 atom stereocenters. The molecule has 0 bridgehead atoms. The SMILES string of the molecule is COc1ccccc1CNc1nc(Cl)nnc1Cl. The van der Waals surface area contributed by atoms with Gasteiger partial charge in [-0.3, -0.25) is 0 Å². The van der Waals surface area contributed by atoms with E-state index >= 15 is 0 Å². The number of hydrogen-bond acceptors (Lipinski definition) is 5. The number of anilines is 1. The van der Waals surface area contributed by atoms with Crippen LogP contribution in [-0.2, 0) is 6.54 Å². The van der Waals surface area contributed by atoms with E-state index in [1.54, 1.807) is 7.11 Å². The average Bonchev–Trinajstić information content (AvgIpc) is 2.40. The van der Waals surface area contributed by atoms with Gasteiger partial charge in [0.1, 0.15) is 5.75 Å². The van der Waals surface area contributed by atoms with Crippen LogP contribution >= 0.6 is 23.2 Å². The van der Waals surface area contributed by atoms with Crippen LogP contribution in [-0.4, -0.2) is 22.3 Å². The first kappa shape index (κ1) is 12.9. The first-order chi connectivity index (χ1) is 8.70. The van der Waals surface area contributed by atoms with Crippen molar-refractivity contribution in [2.24, 2.45) is 0 Å². The first-order valence-electron chi connectivity index (χ1n) is 5.12. The molecule has 0 aliphatic carbocycles. The van der Waals surface area contributed by atoms with Gasteiger partial charge in [-0.25, -0.2) is 0 Å². The van der Waals surface area contributed by atoms with Crippen molar-refractivity contribution in [1.82, 2.24) is 15.2 Å². The van der Waals surface area contributed by atoms with Crippen molar-refractivity contribution < 1.29 is 4.74 Å². The van der Waals surface area contributed by atoms with Crippen molar-refractivity contribution >= 4 is 29.0 Å². The van der Waals surface area contributed by atoms with E-state index in [1.807, 2.05) is 24.3 Å². The molecule has 0 fully saturated rings. The Kier molecular flexibility index (Phi) is 4.17. The standard InChI is InChI=1S/C11H10Cl2N4O/c1-18-8-5-3-2-4-7(8)6-14-10-9(12)16-17-11(13)15-10/h2-5H,6H2,1H3,(H,14,15,17). The molecule has 1 N–H and O–H groups in total. The van der Waals surface area contributed by atoms with Gasteiger partial charge in [0.25, 0.3) is 0 Å². The summed E-state index contributed by atoms with van der Waals surface area (Å²) in [5.41, 5.74) is 0.978. The minimum absolute atomic E-state index is 0.0435. The number of halogens is 2. The van der Waals surface area contributed by atoms with Crippen LogP contribution in [0.5, 0.6) is 5.75 Å². The van der Waals surface area contributed by atoms with Crippen LogP contribution in [0, 0.1) is 0 Å². The van der Waals surface area contributed by atoms with Crippen LogP contribution in [0.2, 0.25) is 10.4 Å². The Labute approximate surface area is 114 Å². The summed E-state index contributed by atoms with van der Waals surface area (Å²) >= 11 is 11.5. The van der Waals surface area contributed by atoms with E-state index in [2.05, 4.69) is 20.5 Å². The van der Waals surface area contributed by atoms with E-state index in [9.17, 15) is 0 Å². The molecule has 5 nitrogen and oxygen atoms in total. The number of nitrogens with zero attached hydrogens (tertiary/aromatic N) is 3. The van der Waals surface area contributed by atoms with Crippen molar-refractivity contribution in [2.45, 2.75) is 6.54 Å². The Bertz CT molecular complexity index is 550. The molecule has 1 aromatic carbocycles. The van der Waals surface area contributed by atoms with Crippen LogP contribution in [0.15, 0.2) is 24.3 Å². The monoisotopic (exact) mass is 284 g/mol. The predicted octanol–water partition coefficient (Wildman–Crippen LogP) is 2.80. The lowest BCUT2D eigenvalue weighted by Gasteiger charge is -2.10. The summed E-state index contributed by atoms with van der Waals surface area (Å²) in [5.74, 6) is 1.18. The molecular weight excluding hydrogens is 275 g/mol. The minimum Gasteiger partial charge on any atom is -0.496 e. The van der Waals surface area contributed by atoms with Crippen LogP contribution in [0.4, 0.5) is 5.82 Å². The third-order valence-corrected chi connectivity index (χ3v) is 2.67. The minimum atomic E-state index is 0.0435. The fourth-order valence-electron chi connectivity index (χ4n) is 1.43. The van der Waals surface area contributed by atoms with E-state index in [4.69, 9.17) is 27.9 Å². The fourth-order valence-corrected chi connectivity index (χ4v) is 1.70. The molecule has 0 saturated carbocycles. The Morgan fingerprint density at radius 3 is 2.78 bits per heavy atom. The molecule has 0 amide bonds. The summed E-state index contributed by atoms with van der Waals surface area (Å²) in [7, 11) is 1.62. The number of hydrogen-bond donors (Lipinski definition) is 1. The average molecular weight is 285 g/mol. The highest BCUT2D eigenvalue weighted by Crippen LogP contribution is 2.21. The highest BCUT2D eigenvalue weighted by Gasteiger charge is 2.07. The molecule has 1 heterocycles. The fraction of sp³-hybridized carbons (Fsp3) is 0.182. The molecule has 18 heavy (non-hydrogen) atoms. The number of aromatic nitrogens is 3. The van der Waals surface area contributed by atoms with Gasteiger partial charge in [-0.05, 0) is 17.7 Å². The van der Waals surface area contributed by atoms with Crippen molar-refractivity contribution in [3.05, 3.63) is 40.3 Å². The van der Waals surface area contributed by atoms with E-state index < -0.39 is 0 Å². The maximum absolute atomic E-state index is 5.85. The Balaban J connectivity index is 2.14. The normalized spacial score (nSPS) is 10.2. The Morgan fingerprint density at radius 2 is 2.00 bits per heavy atom. The van der Waals surface area contributed by atoms with Gasteiger partial charge in [0.2, 0.25) is 5.28 Å². The molecule has 7 heteroatoms. The van der Waals surface area contributed by atoms with Gasteiger partial charge in [0.05, 0.1) is 7.11 Å². The molecule has 0 aliphatic rings. The Hall–Kier alpha value is -1.59. The number of benzene rings is 1. The van der Waals surface area contributed by atoms with Gasteiger partial charge < -0.3 is 10.1 Å². The number of ether oxygens (including phenoxy) is 1. The second-order valence-electron chi connectivity index (χ2n) is 3.39. The zero-order valence-corrected chi connectivity index (χ0v) is 11.0. The molecule has 0 radical (unpaired) electrons. The molecule has 0 saturated heterocycles. The molecular formula is C11H10Cl2N4O. The summed E-state index contributed by atoms with van der Waals surface area (Å²) in [6.07, 6.45) is 0. The smallest absolute Gasteiger partial charge is 0.245 e. The van der Waals surface area contributed by atoms with E-state index in [-0.39, 0.29) is 10.4 Å². The topological polar surface area (TPSA) is 59.9 Å². The largest absolute Gasteiger partial charge is 0.496 e. The highest BCUT2D eigenvalue weighted by molar-refractivity contribution is 6.32. The summed E-state index contributed by atoms with van der Waals surface area (Å²) in [5, 5.41) is 10.5. The summed E-state index contributed by atoms with van der Waals surface area (Å²) in [6, 6.07) is 7.64. The first-order valence-corrected chi connectivity index (χ1v) is 5.88. The summed E-state index contributed by atoms with van der Waals surface area (Å²) in [6.45, 7) is 0.499. The number of para-hydroxylation sites is 1. The van der Waals surface area contributed by atoms with Gasteiger partial charge in [-0.2, -0.15) is 4.98 Å². The molecule has 2 rings (SSSR count). The summed E-state index contributed by atoms with van der Waals surface area (Å²) < 4.78 is 5.24. The summed E-state index contributed by atoms with van der Waals surface area (Å²) in [4.78, 5) is 3.95. The number of methoxy groups -OCH3 is 1. The van der Waals surface area contributed by atoms with Crippen molar-refractivity contribution in [2.75, 3.05) is 12.4 Å². The predicted molar refractivity (Wildman–Crippen MR) is 70.2 cm³/mol. The molecule has 0 unspecified atom stereocenters. The van der Waals surface area contributed by atoms with Gasteiger partial charge in [0, 0.05) is 12.1 Å². The van der Waals surface area contributed by atoms with Crippen molar-refractivity contribution in [3.8, 4) is 5.75 Å². The second-order valence-corrected chi connectivity index (χ2v) is 4.08. The van der Waals surface area contributed by atoms with Crippen LogP contribution in [0.1, 0.15) is 5.56 Å². The molecule has 2 aromatic rings. The van der Waals surface area contributed by atoms with Gasteiger partial charge >= 0.3 is 0 Å². The van der Waals surface area contributed by atoms with Crippen LogP contribution in [0.25, 0.3) is 0 Å². The lowest BCUT2D eigenvalue weighted by molar-refractivity contribution is 0.410. The van der Waals surface area contributed by atoms with Gasteiger partial charge in [-0.1, -0.05) is 29.8 Å². The quantitative estimate of drug-likeness (QED) is 0.936. The molecule has 0 aliphatic heterocycles. The van der Waals surface area contributed by atoms with E-state index in [1.165, 1.54) is 0 Å².